The lowest BCUT2D eigenvalue weighted by atomic mass is 10.1. The molecule has 17 heavy (non-hydrogen) atoms. The molecule has 1 aliphatic heterocycles. The fourth-order valence-corrected chi connectivity index (χ4v) is 2.37. The molecule has 0 bridgehead atoms. The molecule has 1 heterocycles. The maximum Gasteiger partial charge on any atom is 0.123 e. The molecule has 3 nitrogen and oxygen atoms in total. The molecule has 1 saturated heterocycles. The molecule has 4 heteroatoms. The first kappa shape index (κ1) is 12.3. The summed E-state index contributed by atoms with van der Waals surface area (Å²) < 4.78 is 13.1. The predicted molar refractivity (Wildman–Crippen MR) is 66.6 cm³/mol. The van der Waals surface area contributed by atoms with Crippen LogP contribution in [0.3, 0.4) is 0 Å². The summed E-state index contributed by atoms with van der Waals surface area (Å²) in [6, 6.07) is 5.17. The average Bonchev–Trinajstić information content (AvgIpc) is 2.78. The lowest BCUT2D eigenvalue weighted by Gasteiger charge is -2.23. The molecule has 1 fully saturated rings. The van der Waals surface area contributed by atoms with Gasteiger partial charge in [0.2, 0.25) is 0 Å². The highest BCUT2D eigenvalue weighted by atomic mass is 19.1. The van der Waals surface area contributed by atoms with E-state index in [-0.39, 0.29) is 12.4 Å². The lowest BCUT2D eigenvalue weighted by Crippen LogP contribution is -2.31. The van der Waals surface area contributed by atoms with Crippen LogP contribution in [0, 0.1) is 5.82 Å². The van der Waals surface area contributed by atoms with Gasteiger partial charge in [0, 0.05) is 30.4 Å². The summed E-state index contributed by atoms with van der Waals surface area (Å²) in [5, 5.41) is 9.27. The van der Waals surface area contributed by atoms with E-state index in [0.29, 0.717) is 11.6 Å². The van der Waals surface area contributed by atoms with Gasteiger partial charge in [-0.1, -0.05) is 0 Å². The zero-order chi connectivity index (χ0) is 12.4. The summed E-state index contributed by atoms with van der Waals surface area (Å²) in [4.78, 5) is 4.43. The van der Waals surface area contributed by atoms with Gasteiger partial charge in [-0.05, 0) is 38.7 Å². The van der Waals surface area contributed by atoms with Crippen LogP contribution in [0.4, 0.5) is 10.1 Å². The first-order valence-electron chi connectivity index (χ1n) is 5.92. The molecule has 1 aliphatic rings. The number of aliphatic hydroxyl groups is 1. The standard InChI is InChI=1S/C13H19FN2O/c1-15(2)12-5-6-16(8-12)13-4-3-11(14)7-10(13)9-17/h3-4,7,12,17H,5-6,8-9H2,1-2H3. The lowest BCUT2D eigenvalue weighted by molar-refractivity contribution is 0.281. The average molecular weight is 238 g/mol. The van der Waals surface area contributed by atoms with Crippen LogP contribution in [0.5, 0.6) is 0 Å². The van der Waals surface area contributed by atoms with Gasteiger partial charge in [0.25, 0.3) is 0 Å². The molecule has 1 atom stereocenters. The molecule has 0 saturated carbocycles. The Bertz CT molecular complexity index is 395. The van der Waals surface area contributed by atoms with Crippen LogP contribution in [0.1, 0.15) is 12.0 Å². The number of nitrogens with zero attached hydrogens (tertiary/aromatic N) is 2. The fourth-order valence-electron chi connectivity index (χ4n) is 2.37. The van der Waals surface area contributed by atoms with E-state index in [0.717, 1.165) is 25.2 Å². The van der Waals surface area contributed by atoms with Crippen LogP contribution in [0.15, 0.2) is 18.2 Å². The van der Waals surface area contributed by atoms with Crippen molar-refractivity contribution < 1.29 is 9.50 Å². The van der Waals surface area contributed by atoms with Gasteiger partial charge in [0.1, 0.15) is 5.82 Å². The Kier molecular flexibility index (Phi) is 3.64. The van der Waals surface area contributed by atoms with E-state index in [1.54, 1.807) is 6.07 Å². The third kappa shape index (κ3) is 2.58. The number of rotatable bonds is 3. The molecule has 0 amide bonds. The number of aliphatic hydroxyl groups excluding tert-OH is 1. The Morgan fingerprint density at radius 3 is 2.82 bits per heavy atom. The van der Waals surface area contributed by atoms with E-state index in [1.807, 2.05) is 0 Å². The van der Waals surface area contributed by atoms with E-state index in [9.17, 15) is 9.50 Å². The van der Waals surface area contributed by atoms with Crippen molar-refractivity contribution in [3.63, 3.8) is 0 Å². The van der Waals surface area contributed by atoms with Crippen molar-refractivity contribution in [1.82, 2.24) is 4.90 Å². The first-order chi connectivity index (χ1) is 8.11. The Morgan fingerprint density at radius 1 is 1.47 bits per heavy atom. The van der Waals surface area contributed by atoms with Gasteiger partial charge in [-0.2, -0.15) is 0 Å². The van der Waals surface area contributed by atoms with Gasteiger partial charge >= 0.3 is 0 Å². The molecular weight excluding hydrogens is 219 g/mol. The van der Waals surface area contributed by atoms with Crippen LogP contribution in [-0.2, 0) is 6.61 Å². The van der Waals surface area contributed by atoms with E-state index in [4.69, 9.17) is 0 Å². The zero-order valence-electron chi connectivity index (χ0n) is 10.4. The first-order valence-corrected chi connectivity index (χ1v) is 5.92. The van der Waals surface area contributed by atoms with Crippen molar-refractivity contribution in [2.75, 3.05) is 32.1 Å². The molecule has 94 valence electrons. The SMILES string of the molecule is CN(C)C1CCN(c2ccc(F)cc2CO)C1. The minimum Gasteiger partial charge on any atom is -0.392 e. The van der Waals surface area contributed by atoms with Crippen molar-refractivity contribution in [1.29, 1.82) is 0 Å². The highest BCUT2D eigenvalue weighted by Crippen LogP contribution is 2.26. The molecule has 2 rings (SSSR count). The van der Waals surface area contributed by atoms with Gasteiger partial charge in [-0.3, -0.25) is 0 Å². The fraction of sp³-hybridized carbons (Fsp3) is 0.538. The van der Waals surface area contributed by atoms with Gasteiger partial charge < -0.3 is 14.9 Å². The van der Waals surface area contributed by atoms with E-state index in [2.05, 4.69) is 23.9 Å². The smallest absolute Gasteiger partial charge is 0.123 e. The van der Waals surface area contributed by atoms with Crippen LogP contribution in [0.2, 0.25) is 0 Å². The number of anilines is 1. The third-order valence-corrected chi connectivity index (χ3v) is 3.45. The Labute approximate surface area is 101 Å². The van der Waals surface area contributed by atoms with Crippen molar-refractivity contribution in [3.8, 4) is 0 Å². The molecule has 1 unspecified atom stereocenters. The molecule has 0 spiro atoms. The highest BCUT2D eigenvalue weighted by molar-refractivity contribution is 5.54. The van der Waals surface area contributed by atoms with E-state index >= 15 is 0 Å². The number of benzene rings is 1. The molecule has 0 radical (unpaired) electrons. The van der Waals surface area contributed by atoms with Crippen LogP contribution in [0.25, 0.3) is 0 Å². The van der Waals surface area contributed by atoms with Crippen LogP contribution in [-0.4, -0.2) is 43.2 Å². The predicted octanol–water partition coefficient (Wildman–Crippen LogP) is 1.46. The third-order valence-electron chi connectivity index (χ3n) is 3.45. The Morgan fingerprint density at radius 2 is 2.24 bits per heavy atom. The van der Waals surface area contributed by atoms with Gasteiger partial charge in [0.15, 0.2) is 0 Å². The summed E-state index contributed by atoms with van der Waals surface area (Å²) in [6.45, 7) is 1.78. The van der Waals surface area contributed by atoms with Crippen LogP contribution >= 0.6 is 0 Å². The normalized spacial score (nSPS) is 20.3. The Hall–Kier alpha value is -1.13. The molecule has 1 N–H and O–H groups in total. The second-order valence-corrected chi connectivity index (χ2v) is 4.78. The molecular formula is C13H19FN2O. The van der Waals surface area contributed by atoms with Crippen molar-refractivity contribution in [3.05, 3.63) is 29.6 Å². The minimum absolute atomic E-state index is 0.115. The molecule has 1 aromatic carbocycles. The minimum atomic E-state index is -0.291. The van der Waals surface area contributed by atoms with Crippen molar-refractivity contribution in [2.45, 2.75) is 19.1 Å². The summed E-state index contributed by atoms with van der Waals surface area (Å²) in [5.41, 5.74) is 1.63. The largest absolute Gasteiger partial charge is 0.392 e. The van der Waals surface area contributed by atoms with Gasteiger partial charge in [-0.15, -0.1) is 0 Å². The number of halogens is 1. The summed E-state index contributed by atoms with van der Waals surface area (Å²) in [5.74, 6) is -0.291. The van der Waals surface area contributed by atoms with E-state index in [1.165, 1.54) is 12.1 Å². The summed E-state index contributed by atoms with van der Waals surface area (Å²) in [6.07, 6.45) is 1.11. The molecule has 1 aromatic rings. The highest BCUT2D eigenvalue weighted by Gasteiger charge is 2.25. The van der Waals surface area contributed by atoms with E-state index < -0.39 is 0 Å². The van der Waals surface area contributed by atoms with Gasteiger partial charge in [-0.25, -0.2) is 4.39 Å². The molecule has 0 aromatic heterocycles. The maximum absolute atomic E-state index is 13.1. The maximum atomic E-state index is 13.1. The second-order valence-electron chi connectivity index (χ2n) is 4.78. The van der Waals surface area contributed by atoms with Crippen molar-refractivity contribution in [2.24, 2.45) is 0 Å². The number of hydrogen-bond acceptors (Lipinski definition) is 3. The zero-order valence-corrected chi connectivity index (χ0v) is 10.4. The van der Waals surface area contributed by atoms with Crippen LogP contribution < -0.4 is 4.90 Å². The summed E-state index contributed by atoms with van der Waals surface area (Å²) >= 11 is 0. The Balaban J connectivity index is 2.18. The number of likely N-dealkylation sites (N-methyl/N-ethyl adjacent to an activating group) is 1. The molecule has 0 aliphatic carbocycles. The summed E-state index contributed by atoms with van der Waals surface area (Å²) in [7, 11) is 4.15. The quantitative estimate of drug-likeness (QED) is 0.863. The van der Waals surface area contributed by atoms with Crippen molar-refractivity contribution >= 4 is 5.69 Å². The topological polar surface area (TPSA) is 26.7 Å². The second kappa shape index (κ2) is 5.02. The monoisotopic (exact) mass is 238 g/mol. The number of hydrogen-bond donors (Lipinski definition) is 1. The van der Waals surface area contributed by atoms with Gasteiger partial charge in [0.05, 0.1) is 6.61 Å².